The number of ether oxygens (including phenoxy) is 1. The lowest BCUT2D eigenvalue weighted by Gasteiger charge is -2.19. The second kappa shape index (κ2) is 5.60. The van der Waals surface area contributed by atoms with Crippen LogP contribution in [0, 0.1) is 0 Å². The van der Waals surface area contributed by atoms with Crippen LogP contribution >= 0.6 is 0 Å². The summed E-state index contributed by atoms with van der Waals surface area (Å²) in [5.41, 5.74) is 1.16. The maximum atomic E-state index is 11.3. The van der Waals surface area contributed by atoms with Crippen molar-refractivity contribution >= 4 is 52.3 Å². The molecule has 0 saturated heterocycles. The standard InChI is InChI=1S/C21H20O2Si/c1-13(22)23-12-17-11-16-8-7-14-5-4-6-15-9-10-18(20(16)19(14)15)21(17)24(2)3/h4-11,24H,12H2,1-3H3. The zero-order valence-electron chi connectivity index (χ0n) is 14.2. The molecule has 0 bridgehead atoms. The van der Waals surface area contributed by atoms with E-state index in [0.29, 0.717) is 6.61 Å². The first-order chi connectivity index (χ1) is 11.6. The van der Waals surface area contributed by atoms with Gasteiger partial charge in [-0.05, 0) is 49.1 Å². The second-order valence-corrected chi connectivity index (χ2v) is 9.63. The minimum Gasteiger partial charge on any atom is -0.461 e. The molecular formula is C21H20O2Si. The van der Waals surface area contributed by atoms with E-state index >= 15 is 0 Å². The van der Waals surface area contributed by atoms with Crippen molar-refractivity contribution in [1.82, 2.24) is 0 Å². The average molecular weight is 332 g/mol. The van der Waals surface area contributed by atoms with Crippen molar-refractivity contribution in [3.05, 3.63) is 54.1 Å². The Morgan fingerprint density at radius 1 is 0.958 bits per heavy atom. The van der Waals surface area contributed by atoms with E-state index in [9.17, 15) is 4.79 Å². The van der Waals surface area contributed by atoms with E-state index in [-0.39, 0.29) is 5.97 Å². The molecule has 0 heterocycles. The van der Waals surface area contributed by atoms with Gasteiger partial charge in [-0.1, -0.05) is 55.6 Å². The van der Waals surface area contributed by atoms with Crippen LogP contribution in [0.2, 0.25) is 13.1 Å². The van der Waals surface area contributed by atoms with E-state index in [1.807, 2.05) is 0 Å². The fraction of sp³-hybridized carbons (Fsp3) is 0.190. The molecule has 120 valence electrons. The van der Waals surface area contributed by atoms with E-state index in [4.69, 9.17) is 4.74 Å². The number of carbonyl (C=O) groups excluding carboxylic acids is 1. The predicted octanol–water partition coefficient (Wildman–Crippen LogP) is 4.34. The van der Waals surface area contributed by atoms with Crippen molar-refractivity contribution in [1.29, 1.82) is 0 Å². The molecule has 0 radical (unpaired) electrons. The zero-order valence-corrected chi connectivity index (χ0v) is 15.4. The minimum atomic E-state index is -1.09. The van der Waals surface area contributed by atoms with Gasteiger partial charge in [0.1, 0.15) is 6.61 Å². The van der Waals surface area contributed by atoms with Gasteiger partial charge in [0.05, 0.1) is 8.80 Å². The molecule has 0 fully saturated rings. The molecule has 2 nitrogen and oxygen atoms in total. The Kier molecular flexibility index (Phi) is 3.54. The summed E-state index contributed by atoms with van der Waals surface area (Å²) in [5, 5.41) is 9.26. The van der Waals surface area contributed by atoms with Crippen LogP contribution in [-0.2, 0) is 16.1 Å². The van der Waals surface area contributed by atoms with Crippen LogP contribution in [-0.4, -0.2) is 14.8 Å². The van der Waals surface area contributed by atoms with Crippen molar-refractivity contribution in [3.63, 3.8) is 0 Å². The van der Waals surface area contributed by atoms with Gasteiger partial charge >= 0.3 is 5.97 Å². The quantitative estimate of drug-likeness (QED) is 0.317. The molecule has 4 aromatic carbocycles. The summed E-state index contributed by atoms with van der Waals surface area (Å²) >= 11 is 0. The van der Waals surface area contributed by atoms with Crippen molar-refractivity contribution in [2.24, 2.45) is 0 Å². The van der Waals surface area contributed by atoms with Crippen molar-refractivity contribution < 1.29 is 9.53 Å². The van der Waals surface area contributed by atoms with E-state index in [1.165, 1.54) is 44.4 Å². The van der Waals surface area contributed by atoms with Gasteiger partial charge in [0.2, 0.25) is 0 Å². The van der Waals surface area contributed by atoms with Crippen molar-refractivity contribution in [3.8, 4) is 0 Å². The molecule has 0 amide bonds. The summed E-state index contributed by atoms with van der Waals surface area (Å²) in [4.78, 5) is 11.3. The predicted molar refractivity (Wildman–Crippen MR) is 104 cm³/mol. The molecule has 4 rings (SSSR count). The van der Waals surface area contributed by atoms with E-state index < -0.39 is 8.80 Å². The summed E-state index contributed by atoms with van der Waals surface area (Å²) in [5.74, 6) is -0.226. The van der Waals surface area contributed by atoms with Crippen LogP contribution in [0.3, 0.4) is 0 Å². The highest BCUT2D eigenvalue weighted by atomic mass is 28.3. The summed E-state index contributed by atoms with van der Waals surface area (Å²) < 4.78 is 5.33. The molecule has 3 heteroatoms. The molecule has 0 N–H and O–H groups in total. The van der Waals surface area contributed by atoms with Gasteiger partial charge in [-0.15, -0.1) is 0 Å². The molecule has 0 aliphatic heterocycles. The Bertz CT molecular complexity index is 1050. The van der Waals surface area contributed by atoms with Gasteiger partial charge in [0, 0.05) is 6.92 Å². The van der Waals surface area contributed by atoms with Gasteiger partial charge in [-0.3, -0.25) is 4.79 Å². The molecule has 0 spiro atoms. The van der Waals surface area contributed by atoms with Crippen LogP contribution in [0.5, 0.6) is 0 Å². The second-order valence-electron chi connectivity index (χ2n) is 6.74. The molecule has 24 heavy (non-hydrogen) atoms. The van der Waals surface area contributed by atoms with Crippen LogP contribution < -0.4 is 5.19 Å². The molecule has 0 unspecified atom stereocenters. The van der Waals surface area contributed by atoms with Crippen LogP contribution in [0.25, 0.3) is 32.3 Å². The normalized spacial score (nSPS) is 11.8. The Hall–Kier alpha value is -2.39. The van der Waals surface area contributed by atoms with Gasteiger partial charge in [0.15, 0.2) is 0 Å². The van der Waals surface area contributed by atoms with E-state index in [1.54, 1.807) is 0 Å². The van der Waals surface area contributed by atoms with Crippen LogP contribution in [0.15, 0.2) is 48.5 Å². The Balaban J connectivity index is 2.11. The average Bonchev–Trinajstić information content (AvgIpc) is 2.57. The summed E-state index contributed by atoms with van der Waals surface area (Å²) in [6, 6.07) is 17.6. The molecule has 0 atom stereocenters. The summed E-state index contributed by atoms with van der Waals surface area (Å²) in [7, 11) is -1.09. The Labute approximate surface area is 143 Å². The first-order valence-corrected chi connectivity index (χ1v) is 11.3. The number of hydrogen-bond donors (Lipinski definition) is 0. The third-order valence-corrected chi connectivity index (χ3v) is 6.62. The lowest BCUT2D eigenvalue weighted by atomic mass is 9.93. The minimum absolute atomic E-state index is 0.226. The third-order valence-electron chi connectivity index (χ3n) is 4.78. The third kappa shape index (κ3) is 2.28. The molecule has 0 aromatic heterocycles. The molecule has 0 saturated carbocycles. The maximum Gasteiger partial charge on any atom is 0.302 e. The van der Waals surface area contributed by atoms with Gasteiger partial charge in [0.25, 0.3) is 0 Å². The monoisotopic (exact) mass is 332 g/mol. The maximum absolute atomic E-state index is 11.3. The number of esters is 1. The van der Waals surface area contributed by atoms with Gasteiger partial charge < -0.3 is 4.74 Å². The highest BCUT2D eigenvalue weighted by Gasteiger charge is 2.17. The lowest BCUT2D eigenvalue weighted by Crippen LogP contribution is -2.28. The van der Waals surface area contributed by atoms with Crippen molar-refractivity contribution in [2.75, 3.05) is 0 Å². The van der Waals surface area contributed by atoms with E-state index in [0.717, 1.165) is 5.56 Å². The largest absolute Gasteiger partial charge is 0.461 e. The number of carbonyl (C=O) groups is 1. The summed E-state index contributed by atoms with van der Waals surface area (Å²) in [6.45, 7) is 6.51. The van der Waals surface area contributed by atoms with Gasteiger partial charge in [-0.25, -0.2) is 0 Å². The fourth-order valence-electron chi connectivity index (χ4n) is 3.87. The lowest BCUT2D eigenvalue weighted by molar-refractivity contribution is -0.142. The molecule has 0 aliphatic carbocycles. The highest BCUT2D eigenvalue weighted by molar-refractivity contribution is 6.74. The highest BCUT2D eigenvalue weighted by Crippen LogP contribution is 2.34. The number of rotatable bonds is 3. The molecule has 0 aliphatic rings. The molecular weight excluding hydrogens is 312 g/mol. The van der Waals surface area contributed by atoms with Crippen molar-refractivity contribution in [2.45, 2.75) is 26.6 Å². The first kappa shape index (κ1) is 15.2. The Morgan fingerprint density at radius 2 is 1.62 bits per heavy atom. The number of benzene rings is 4. The number of hydrogen-bond acceptors (Lipinski definition) is 2. The fourth-order valence-corrected chi connectivity index (χ4v) is 5.64. The van der Waals surface area contributed by atoms with Gasteiger partial charge in [-0.2, -0.15) is 0 Å². The van der Waals surface area contributed by atoms with Crippen LogP contribution in [0.4, 0.5) is 0 Å². The van der Waals surface area contributed by atoms with Crippen LogP contribution in [0.1, 0.15) is 12.5 Å². The van der Waals surface area contributed by atoms with E-state index in [2.05, 4.69) is 61.6 Å². The summed E-state index contributed by atoms with van der Waals surface area (Å²) in [6.07, 6.45) is 0. The first-order valence-electron chi connectivity index (χ1n) is 8.39. The SMILES string of the molecule is CC(=O)OCc1cc2ccc3cccc4ccc(c1[SiH](C)C)c2c34. The zero-order chi connectivity index (χ0) is 16.8. The molecule has 4 aromatic rings. The topological polar surface area (TPSA) is 26.3 Å². The smallest absolute Gasteiger partial charge is 0.302 e. The Morgan fingerprint density at radius 3 is 2.29 bits per heavy atom.